The maximum atomic E-state index is 12.9. The molecular formula is C21H19F3N4O6S. The molecule has 2 fully saturated rings. The molecule has 4 amide bonds. The summed E-state index contributed by atoms with van der Waals surface area (Å²) in [6, 6.07) is 4.08. The molecule has 35 heavy (non-hydrogen) atoms. The molecule has 0 saturated carbocycles. The fourth-order valence-electron chi connectivity index (χ4n) is 3.73. The van der Waals surface area contributed by atoms with Crippen molar-refractivity contribution in [3.8, 4) is 0 Å². The van der Waals surface area contributed by atoms with Crippen LogP contribution in [0.3, 0.4) is 0 Å². The number of nitrogens with zero attached hydrogens (tertiary/aromatic N) is 4. The third-order valence-corrected chi connectivity index (χ3v) is 7.05. The fourth-order valence-corrected chi connectivity index (χ4v) is 4.49. The zero-order valence-corrected chi connectivity index (χ0v) is 18.9. The van der Waals surface area contributed by atoms with Crippen molar-refractivity contribution < 1.29 is 40.7 Å². The third kappa shape index (κ3) is 4.71. The van der Waals surface area contributed by atoms with Crippen LogP contribution in [-0.2, 0) is 25.9 Å². The first-order chi connectivity index (χ1) is 16.5. The van der Waals surface area contributed by atoms with Gasteiger partial charge in [-0.3, -0.25) is 14.6 Å². The summed E-state index contributed by atoms with van der Waals surface area (Å²) in [5, 5.41) is 0. The van der Waals surface area contributed by atoms with Gasteiger partial charge >= 0.3 is 11.5 Å². The van der Waals surface area contributed by atoms with Gasteiger partial charge in [-0.25, -0.2) is 18.1 Å². The van der Waals surface area contributed by atoms with E-state index in [1.165, 1.54) is 17.3 Å². The molecule has 0 aliphatic carbocycles. The molecule has 1 aromatic heterocycles. The highest BCUT2D eigenvalue weighted by Crippen LogP contribution is 2.32. The highest BCUT2D eigenvalue weighted by Gasteiger charge is 2.47. The maximum absolute atomic E-state index is 12.9. The summed E-state index contributed by atoms with van der Waals surface area (Å²) in [7, 11) is -5.57. The third-order valence-electron chi connectivity index (χ3n) is 5.55. The zero-order valence-electron chi connectivity index (χ0n) is 18.1. The number of hydrogen-bond donors (Lipinski definition) is 0. The van der Waals surface area contributed by atoms with E-state index in [9.17, 15) is 36.0 Å². The van der Waals surface area contributed by atoms with Crippen molar-refractivity contribution in [2.45, 2.75) is 16.9 Å². The van der Waals surface area contributed by atoms with Crippen LogP contribution in [0.25, 0.3) is 0 Å². The molecule has 0 atom stereocenters. The van der Waals surface area contributed by atoms with Gasteiger partial charge in [0.25, 0.3) is 21.7 Å². The molecule has 4 rings (SSSR count). The van der Waals surface area contributed by atoms with E-state index in [1.807, 2.05) is 0 Å². The monoisotopic (exact) mass is 512 g/mol. The second kappa shape index (κ2) is 9.26. The summed E-state index contributed by atoms with van der Waals surface area (Å²) in [5.41, 5.74) is -4.82. The number of carbonyl (C=O) groups excluding carboxylic acids is 3. The Bertz CT molecular complexity index is 1260. The highest BCUT2D eigenvalue weighted by molar-refractivity contribution is 7.92. The van der Waals surface area contributed by atoms with Crippen molar-refractivity contribution in [3.63, 3.8) is 0 Å². The average molecular weight is 512 g/mol. The van der Waals surface area contributed by atoms with Gasteiger partial charge in [-0.2, -0.15) is 13.2 Å². The molecule has 14 heteroatoms. The number of carbonyl (C=O) groups is 3. The first kappa shape index (κ1) is 24.6. The van der Waals surface area contributed by atoms with Crippen LogP contribution in [0.5, 0.6) is 0 Å². The Labute approximate surface area is 197 Å². The van der Waals surface area contributed by atoms with Gasteiger partial charge in [-0.05, 0) is 35.9 Å². The summed E-state index contributed by atoms with van der Waals surface area (Å²) >= 11 is 0. The number of ether oxygens (including phenoxy) is 1. The number of hydrogen-bond acceptors (Lipinski definition) is 7. The number of imide groups is 1. The van der Waals surface area contributed by atoms with Crippen LogP contribution in [0.1, 0.15) is 15.9 Å². The number of morpholine rings is 1. The van der Waals surface area contributed by atoms with Gasteiger partial charge in [-0.1, -0.05) is 0 Å². The number of alkyl halides is 3. The summed E-state index contributed by atoms with van der Waals surface area (Å²) in [6.07, 6.45) is 2.83. The predicted octanol–water partition coefficient (Wildman–Crippen LogP) is 1.82. The topological polar surface area (TPSA) is 117 Å². The van der Waals surface area contributed by atoms with E-state index in [0.717, 1.165) is 17.0 Å². The Morgan fingerprint density at radius 2 is 1.71 bits per heavy atom. The van der Waals surface area contributed by atoms with E-state index >= 15 is 0 Å². The number of pyridine rings is 1. The normalized spacial score (nSPS) is 17.3. The van der Waals surface area contributed by atoms with Crippen molar-refractivity contribution in [3.05, 3.63) is 53.9 Å². The standard InChI is InChI=1S/C21H19F3N4O6S/c22-21(23,24)35(32,33)16-3-1-15(2-4-16)28-18(29)13-27(20(28)31)12-14-5-6-25-11-17(14)19(30)26-7-9-34-10-8-26/h1-6,11H,7-10,12-13H2. The lowest BCUT2D eigenvalue weighted by molar-refractivity contribution is -0.116. The predicted molar refractivity (Wildman–Crippen MR) is 114 cm³/mol. The molecule has 0 N–H and O–H groups in total. The molecule has 0 radical (unpaired) electrons. The second-order valence-corrected chi connectivity index (χ2v) is 9.69. The molecule has 0 spiro atoms. The number of halogens is 3. The average Bonchev–Trinajstić information content (AvgIpc) is 3.11. The molecule has 186 valence electrons. The van der Waals surface area contributed by atoms with Gasteiger partial charge in [0, 0.05) is 32.0 Å². The zero-order chi connectivity index (χ0) is 25.4. The van der Waals surface area contributed by atoms with Crippen LogP contribution < -0.4 is 4.90 Å². The number of amides is 4. The summed E-state index contributed by atoms with van der Waals surface area (Å²) in [6.45, 7) is 1.19. The molecule has 0 unspecified atom stereocenters. The Morgan fingerprint density at radius 1 is 1.06 bits per heavy atom. The minimum atomic E-state index is -5.57. The number of rotatable bonds is 5. The lowest BCUT2D eigenvalue weighted by Gasteiger charge is -2.27. The van der Waals surface area contributed by atoms with Gasteiger partial charge in [-0.15, -0.1) is 0 Å². The molecule has 0 bridgehead atoms. The Kier molecular flexibility index (Phi) is 6.51. The molecular weight excluding hydrogens is 493 g/mol. The molecule has 10 nitrogen and oxygen atoms in total. The lowest BCUT2D eigenvalue weighted by Crippen LogP contribution is -2.41. The van der Waals surface area contributed by atoms with Crippen LogP contribution in [-0.4, -0.2) is 79.4 Å². The molecule has 2 aliphatic heterocycles. The first-order valence-corrected chi connectivity index (χ1v) is 11.8. The second-order valence-electron chi connectivity index (χ2n) is 7.75. The van der Waals surface area contributed by atoms with Crippen molar-refractivity contribution >= 4 is 33.4 Å². The quantitative estimate of drug-likeness (QED) is 0.561. The SMILES string of the molecule is O=C(c1cnccc1CN1CC(=O)N(c2ccc(S(=O)(=O)C(F)(F)F)cc2)C1=O)N1CCOCC1. The van der Waals surface area contributed by atoms with Crippen LogP contribution in [0.15, 0.2) is 47.6 Å². The Hall–Kier alpha value is -3.52. The number of urea groups is 1. The number of aromatic nitrogens is 1. The molecule has 2 aliphatic rings. The van der Waals surface area contributed by atoms with E-state index in [-0.39, 0.29) is 30.2 Å². The van der Waals surface area contributed by atoms with E-state index in [2.05, 4.69) is 4.98 Å². The van der Waals surface area contributed by atoms with Crippen LogP contribution in [0.4, 0.5) is 23.7 Å². The minimum absolute atomic E-state index is 0.0806. The summed E-state index contributed by atoms with van der Waals surface area (Å²) < 4.78 is 66.6. The minimum Gasteiger partial charge on any atom is -0.378 e. The summed E-state index contributed by atoms with van der Waals surface area (Å²) in [4.78, 5) is 44.9. The van der Waals surface area contributed by atoms with Crippen molar-refractivity contribution in [1.82, 2.24) is 14.8 Å². The molecule has 1 aromatic carbocycles. The number of sulfone groups is 1. The summed E-state index contributed by atoms with van der Waals surface area (Å²) in [5.74, 6) is -0.941. The van der Waals surface area contributed by atoms with Crippen LogP contribution in [0, 0.1) is 0 Å². The Balaban J connectivity index is 1.53. The first-order valence-electron chi connectivity index (χ1n) is 10.3. The van der Waals surface area contributed by atoms with Gasteiger partial charge in [0.1, 0.15) is 6.54 Å². The number of benzene rings is 1. The van der Waals surface area contributed by atoms with Gasteiger partial charge in [0.15, 0.2) is 0 Å². The smallest absolute Gasteiger partial charge is 0.378 e. The highest BCUT2D eigenvalue weighted by atomic mass is 32.2. The lowest BCUT2D eigenvalue weighted by atomic mass is 10.1. The van der Waals surface area contributed by atoms with E-state index in [1.54, 1.807) is 11.0 Å². The molecule has 2 aromatic rings. The van der Waals surface area contributed by atoms with Crippen molar-refractivity contribution in [1.29, 1.82) is 0 Å². The van der Waals surface area contributed by atoms with Gasteiger partial charge in [0.05, 0.1) is 29.4 Å². The van der Waals surface area contributed by atoms with E-state index in [0.29, 0.717) is 44.0 Å². The fraction of sp³-hybridized carbons (Fsp3) is 0.333. The van der Waals surface area contributed by atoms with Gasteiger partial charge < -0.3 is 14.5 Å². The Morgan fingerprint density at radius 3 is 2.34 bits per heavy atom. The van der Waals surface area contributed by atoms with E-state index in [4.69, 9.17) is 4.74 Å². The van der Waals surface area contributed by atoms with Crippen LogP contribution >= 0.6 is 0 Å². The maximum Gasteiger partial charge on any atom is 0.501 e. The van der Waals surface area contributed by atoms with E-state index < -0.39 is 32.2 Å². The molecule has 2 saturated heterocycles. The largest absolute Gasteiger partial charge is 0.501 e. The van der Waals surface area contributed by atoms with Crippen molar-refractivity contribution in [2.24, 2.45) is 0 Å². The van der Waals surface area contributed by atoms with Crippen molar-refractivity contribution in [2.75, 3.05) is 37.7 Å². The molecule has 3 heterocycles. The number of anilines is 1. The van der Waals surface area contributed by atoms with Crippen LogP contribution in [0.2, 0.25) is 0 Å². The van der Waals surface area contributed by atoms with Gasteiger partial charge in [0.2, 0.25) is 0 Å².